The number of halogens is 3. The fourth-order valence-electron chi connectivity index (χ4n) is 3.25. The molecule has 0 bridgehead atoms. The van der Waals surface area contributed by atoms with Gasteiger partial charge in [-0.05, 0) is 49.9 Å². The van der Waals surface area contributed by atoms with Gasteiger partial charge in [0.25, 0.3) is 10.0 Å². The van der Waals surface area contributed by atoms with Gasteiger partial charge in [-0.2, -0.15) is 0 Å². The third kappa shape index (κ3) is 4.56. The molecule has 11 heteroatoms. The summed E-state index contributed by atoms with van der Waals surface area (Å²) in [5.74, 6) is -0.233. The quantitative estimate of drug-likeness (QED) is 0.378. The van der Waals surface area contributed by atoms with Gasteiger partial charge in [-0.25, -0.2) is 26.7 Å². The summed E-state index contributed by atoms with van der Waals surface area (Å²) in [5.41, 5.74) is 2.46. The van der Waals surface area contributed by atoms with Crippen LogP contribution >= 0.6 is 24.0 Å². The van der Waals surface area contributed by atoms with Gasteiger partial charge in [-0.3, -0.25) is 0 Å². The molecular formula is C21H20Cl2FN5O2S. The normalized spacial score (nSPS) is 11.4. The molecule has 0 radical (unpaired) electrons. The van der Waals surface area contributed by atoms with E-state index in [1.807, 2.05) is 6.92 Å². The molecule has 0 aliphatic heterocycles. The number of benzene rings is 1. The highest BCUT2D eigenvalue weighted by atomic mass is 35.5. The van der Waals surface area contributed by atoms with Crippen LogP contribution in [0.4, 0.5) is 15.9 Å². The van der Waals surface area contributed by atoms with Crippen LogP contribution in [-0.2, 0) is 16.6 Å². The largest absolute Gasteiger partial charge is 0.338 e. The molecule has 0 atom stereocenters. The van der Waals surface area contributed by atoms with Crippen LogP contribution in [0.3, 0.4) is 0 Å². The molecule has 0 aliphatic carbocycles. The number of nitrogens with one attached hydrogen (secondary N) is 2. The summed E-state index contributed by atoms with van der Waals surface area (Å²) in [5, 5.41) is 7.03. The molecule has 3 aromatic heterocycles. The van der Waals surface area contributed by atoms with Crippen LogP contribution in [-0.4, -0.2) is 29.4 Å². The lowest BCUT2D eigenvalue weighted by Crippen LogP contribution is -2.12. The molecule has 0 aliphatic rings. The maximum absolute atomic E-state index is 13.7. The van der Waals surface area contributed by atoms with Crippen molar-refractivity contribution in [3.05, 3.63) is 77.1 Å². The smallest absolute Gasteiger partial charge is 0.268 e. The van der Waals surface area contributed by atoms with Gasteiger partial charge in [0.05, 0.1) is 16.1 Å². The highest BCUT2D eigenvalue weighted by Gasteiger charge is 2.22. The summed E-state index contributed by atoms with van der Waals surface area (Å²) in [4.78, 5) is 8.45. The summed E-state index contributed by atoms with van der Waals surface area (Å²) in [6, 6.07) is 10.1. The Morgan fingerprint density at radius 2 is 1.97 bits per heavy atom. The van der Waals surface area contributed by atoms with Crippen molar-refractivity contribution in [2.75, 3.05) is 12.4 Å². The molecule has 0 saturated heterocycles. The molecule has 4 rings (SSSR count). The first-order valence-electron chi connectivity index (χ1n) is 9.35. The molecule has 2 N–H and O–H groups in total. The van der Waals surface area contributed by atoms with E-state index in [0.29, 0.717) is 29.0 Å². The SMILES string of the molecule is CNCc1cn(S(=O)(=O)c2cccc(F)c2)c2cc(Nc3ccc(C)nc3Cl)ncc12.Cl. The summed E-state index contributed by atoms with van der Waals surface area (Å²) in [6.45, 7) is 2.26. The first-order chi connectivity index (χ1) is 14.8. The Kier molecular flexibility index (Phi) is 7.04. The highest BCUT2D eigenvalue weighted by Crippen LogP contribution is 2.29. The average molecular weight is 496 g/mol. The fourth-order valence-corrected chi connectivity index (χ4v) is 4.91. The van der Waals surface area contributed by atoms with Gasteiger partial charge in [0.1, 0.15) is 11.6 Å². The Labute approximate surface area is 196 Å². The van der Waals surface area contributed by atoms with Crippen molar-refractivity contribution in [2.24, 2.45) is 0 Å². The highest BCUT2D eigenvalue weighted by molar-refractivity contribution is 7.90. The van der Waals surface area contributed by atoms with Gasteiger partial charge in [0.15, 0.2) is 5.15 Å². The summed E-state index contributed by atoms with van der Waals surface area (Å²) >= 11 is 6.20. The number of nitrogens with zero attached hydrogens (tertiary/aromatic N) is 3. The molecule has 0 fully saturated rings. The van der Waals surface area contributed by atoms with E-state index in [4.69, 9.17) is 11.6 Å². The lowest BCUT2D eigenvalue weighted by molar-refractivity contribution is 0.584. The van der Waals surface area contributed by atoms with Crippen LogP contribution < -0.4 is 10.6 Å². The second kappa shape index (κ2) is 9.41. The standard InChI is InChI=1S/C21H19ClFN5O2S.ClH/c1-13-6-7-18(21(22)26-13)27-20-9-19-17(11-25-20)14(10-24-2)12-28(19)31(29,30)16-5-3-4-15(23)8-16;/h3-9,11-12,24H,10H2,1-2H3,(H,25,27);1H. The van der Waals surface area contributed by atoms with E-state index in [9.17, 15) is 12.8 Å². The van der Waals surface area contributed by atoms with Crippen molar-refractivity contribution < 1.29 is 12.8 Å². The predicted octanol–water partition coefficient (Wildman–Crippen LogP) is 4.65. The monoisotopic (exact) mass is 495 g/mol. The number of hydrogen-bond acceptors (Lipinski definition) is 6. The maximum Gasteiger partial charge on any atom is 0.268 e. The summed E-state index contributed by atoms with van der Waals surface area (Å²) in [7, 11) is -2.27. The predicted molar refractivity (Wildman–Crippen MR) is 126 cm³/mol. The topological polar surface area (TPSA) is 88.9 Å². The number of anilines is 2. The number of hydrogen-bond donors (Lipinski definition) is 2. The Hall–Kier alpha value is -2.72. The van der Waals surface area contributed by atoms with Crippen LogP contribution in [0.25, 0.3) is 10.9 Å². The summed E-state index contributed by atoms with van der Waals surface area (Å²) < 4.78 is 41.4. The second-order valence-corrected chi connectivity index (χ2v) is 9.12. The first-order valence-corrected chi connectivity index (χ1v) is 11.2. The lowest BCUT2D eigenvalue weighted by atomic mass is 10.2. The van der Waals surface area contributed by atoms with Crippen molar-refractivity contribution >= 4 is 56.4 Å². The van der Waals surface area contributed by atoms with Crippen molar-refractivity contribution in [1.29, 1.82) is 0 Å². The van der Waals surface area contributed by atoms with Crippen LogP contribution in [0.15, 0.2) is 59.8 Å². The third-order valence-electron chi connectivity index (χ3n) is 4.71. The van der Waals surface area contributed by atoms with Crippen molar-refractivity contribution in [2.45, 2.75) is 18.4 Å². The number of aryl methyl sites for hydroxylation is 1. The molecule has 32 heavy (non-hydrogen) atoms. The first kappa shape index (κ1) is 23.9. The fraction of sp³-hybridized carbons (Fsp3) is 0.143. The van der Waals surface area contributed by atoms with E-state index in [-0.39, 0.29) is 22.5 Å². The zero-order chi connectivity index (χ0) is 22.2. The van der Waals surface area contributed by atoms with E-state index in [1.54, 1.807) is 31.4 Å². The Bertz CT molecular complexity index is 1390. The number of aromatic nitrogens is 3. The summed E-state index contributed by atoms with van der Waals surface area (Å²) in [6.07, 6.45) is 3.12. The van der Waals surface area contributed by atoms with Crippen molar-refractivity contribution in [3.8, 4) is 0 Å². The average Bonchev–Trinajstić information content (AvgIpc) is 3.09. The minimum atomic E-state index is -4.03. The van der Waals surface area contributed by atoms with Gasteiger partial charge < -0.3 is 10.6 Å². The minimum Gasteiger partial charge on any atom is -0.338 e. The van der Waals surface area contributed by atoms with Gasteiger partial charge in [0, 0.05) is 36.1 Å². The zero-order valence-corrected chi connectivity index (χ0v) is 19.5. The zero-order valence-electron chi connectivity index (χ0n) is 17.1. The maximum atomic E-state index is 13.7. The second-order valence-electron chi connectivity index (χ2n) is 6.95. The molecule has 0 saturated carbocycles. The van der Waals surface area contributed by atoms with Crippen LogP contribution in [0.1, 0.15) is 11.3 Å². The van der Waals surface area contributed by atoms with Crippen molar-refractivity contribution in [1.82, 2.24) is 19.3 Å². The number of pyridine rings is 2. The van der Waals surface area contributed by atoms with E-state index >= 15 is 0 Å². The molecule has 7 nitrogen and oxygen atoms in total. The molecule has 1 aromatic carbocycles. The molecule has 168 valence electrons. The third-order valence-corrected chi connectivity index (χ3v) is 6.67. The van der Waals surface area contributed by atoms with E-state index in [0.717, 1.165) is 21.3 Å². The minimum absolute atomic E-state index is 0. The lowest BCUT2D eigenvalue weighted by Gasteiger charge is -2.10. The van der Waals surface area contributed by atoms with E-state index < -0.39 is 15.8 Å². The number of fused-ring (bicyclic) bond motifs is 1. The van der Waals surface area contributed by atoms with E-state index in [1.165, 1.54) is 24.4 Å². The van der Waals surface area contributed by atoms with Gasteiger partial charge in [0.2, 0.25) is 0 Å². The molecule has 3 heterocycles. The van der Waals surface area contributed by atoms with Crippen LogP contribution in [0, 0.1) is 12.7 Å². The van der Waals surface area contributed by atoms with Gasteiger partial charge >= 0.3 is 0 Å². The van der Waals surface area contributed by atoms with Crippen LogP contribution in [0.5, 0.6) is 0 Å². The van der Waals surface area contributed by atoms with Crippen LogP contribution in [0.2, 0.25) is 5.15 Å². The Balaban J connectivity index is 0.00000289. The van der Waals surface area contributed by atoms with Gasteiger partial charge in [-0.15, -0.1) is 12.4 Å². The Morgan fingerprint density at radius 1 is 1.19 bits per heavy atom. The number of rotatable bonds is 6. The molecular weight excluding hydrogens is 476 g/mol. The van der Waals surface area contributed by atoms with Crippen molar-refractivity contribution in [3.63, 3.8) is 0 Å². The van der Waals surface area contributed by atoms with Gasteiger partial charge in [-0.1, -0.05) is 17.7 Å². The molecule has 0 unspecified atom stereocenters. The Morgan fingerprint density at radius 3 is 2.66 bits per heavy atom. The molecule has 0 spiro atoms. The van der Waals surface area contributed by atoms with E-state index in [2.05, 4.69) is 20.6 Å². The molecule has 4 aromatic rings. The molecule has 0 amide bonds.